The summed E-state index contributed by atoms with van der Waals surface area (Å²) in [5.41, 5.74) is 6.86. The molecule has 2 aromatic rings. The summed E-state index contributed by atoms with van der Waals surface area (Å²) >= 11 is 6.18. The first kappa shape index (κ1) is 12.9. The molecule has 0 amide bonds. The van der Waals surface area contributed by atoms with Crippen LogP contribution < -0.4 is 10.5 Å². The van der Waals surface area contributed by atoms with E-state index in [2.05, 4.69) is 5.10 Å². The number of ether oxygens (including phenoxy) is 1. The molecule has 4 nitrogen and oxygen atoms in total. The van der Waals surface area contributed by atoms with Crippen LogP contribution >= 0.6 is 11.6 Å². The van der Waals surface area contributed by atoms with Gasteiger partial charge in [0, 0.05) is 13.1 Å². The number of aryl methyl sites for hydroxylation is 1. The van der Waals surface area contributed by atoms with Gasteiger partial charge in [0.25, 0.3) is 0 Å². The number of rotatable bonds is 4. The minimum absolute atomic E-state index is 0.117. The van der Waals surface area contributed by atoms with Crippen molar-refractivity contribution in [2.75, 3.05) is 0 Å². The van der Waals surface area contributed by atoms with Crippen LogP contribution in [-0.2, 0) is 13.5 Å². The number of hydrogen-bond donors (Lipinski definition) is 1. The number of hydrogen-bond acceptors (Lipinski definition) is 3. The van der Waals surface area contributed by atoms with Crippen LogP contribution in [0.2, 0.25) is 5.02 Å². The molecule has 0 aliphatic carbocycles. The van der Waals surface area contributed by atoms with E-state index in [-0.39, 0.29) is 6.04 Å². The lowest BCUT2D eigenvalue weighted by atomic mass is 10.1. The van der Waals surface area contributed by atoms with Gasteiger partial charge in [0.1, 0.15) is 5.75 Å². The van der Waals surface area contributed by atoms with Crippen LogP contribution in [0.5, 0.6) is 11.5 Å². The fourth-order valence-corrected chi connectivity index (χ4v) is 1.95. The van der Waals surface area contributed by atoms with Gasteiger partial charge in [-0.2, -0.15) is 5.10 Å². The molecular weight excluding hydrogens is 250 g/mol. The first-order valence-electron chi connectivity index (χ1n) is 5.75. The van der Waals surface area contributed by atoms with Crippen molar-refractivity contribution < 1.29 is 4.74 Å². The maximum atomic E-state index is 6.18. The van der Waals surface area contributed by atoms with E-state index in [1.54, 1.807) is 17.1 Å². The normalized spacial score (nSPS) is 12.4. The Kier molecular flexibility index (Phi) is 3.89. The smallest absolute Gasteiger partial charge is 0.165 e. The third kappa shape index (κ3) is 3.24. The minimum atomic E-state index is 0.117. The van der Waals surface area contributed by atoms with Gasteiger partial charge in [-0.1, -0.05) is 17.7 Å². The topological polar surface area (TPSA) is 53.1 Å². The van der Waals surface area contributed by atoms with Gasteiger partial charge in [-0.3, -0.25) is 4.68 Å². The molecule has 18 heavy (non-hydrogen) atoms. The Labute approximate surface area is 111 Å². The van der Waals surface area contributed by atoms with Gasteiger partial charge in [-0.15, -0.1) is 0 Å². The van der Waals surface area contributed by atoms with Crippen molar-refractivity contribution in [2.24, 2.45) is 12.8 Å². The highest BCUT2D eigenvalue weighted by Crippen LogP contribution is 2.30. The third-order valence-electron chi connectivity index (χ3n) is 2.46. The van der Waals surface area contributed by atoms with Crippen LogP contribution in [-0.4, -0.2) is 15.8 Å². The van der Waals surface area contributed by atoms with Crippen LogP contribution in [0.25, 0.3) is 0 Å². The van der Waals surface area contributed by atoms with Crippen molar-refractivity contribution in [3.63, 3.8) is 0 Å². The van der Waals surface area contributed by atoms with E-state index in [4.69, 9.17) is 22.1 Å². The van der Waals surface area contributed by atoms with Gasteiger partial charge in [-0.25, -0.2) is 0 Å². The Morgan fingerprint density at radius 2 is 2.28 bits per heavy atom. The van der Waals surface area contributed by atoms with E-state index in [1.165, 1.54) is 0 Å². The van der Waals surface area contributed by atoms with Crippen LogP contribution in [0.1, 0.15) is 12.5 Å². The van der Waals surface area contributed by atoms with Crippen LogP contribution in [0, 0.1) is 0 Å². The van der Waals surface area contributed by atoms with E-state index < -0.39 is 0 Å². The van der Waals surface area contributed by atoms with E-state index in [0.717, 1.165) is 12.0 Å². The lowest BCUT2D eigenvalue weighted by molar-refractivity contribution is 0.482. The molecule has 2 rings (SSSR count). The third-order valence-corrected chi connectivity index (χ3v) is 2.76. The first-order chi connectivity index (χ1) is 8.54. The zero-order valence-corrected chi connectivity index (χ0v) is 11.2. The average molecular weight is 266 g/mol. The zero-order chi connectivity index (χ0) is 13.1. The number of halogens is 1. The minimum Gasteiger partial charge on any atom is -0.452 e. The second-order valence-electron chi connectivity index (χ2n) is 4.40. The standard InChI is InChI=1S/C13H16ClN3O/c1-9(15)5-10-3-4-13(12(14)6-10)18-11-7-16-17(2)8-11/h3-4,6-9H,5,15H2,1-2H3. The molecular formula is C13H16ClN3O. The summed E-state index contributed by atoms with van der Waals surface area (Å²) in [6.45, 7) is 1.97. The van der Waals surface area contributed by atoms with E-state index in [1.807, 2.05) is 32.2 Å². The zero-order valence-electron chi connectivity index (χ0n) is 10.4. The van der Waals surface area contributed by atoms with Crippen molar-refractivity contribution in [1.29, 1.82) is 0 Å². The molecule has 1 aromatic carbocycles. The highest BCUT2D eigenvalue weighted by atomic mass is 35.5. The summed E-state index contributed by atoms with van der Waals surface area (Å²) in [6.07, 6.45) is 4.23. The van der Waals surface area contributed by atoms with Crippen molar-refractivity contribution in [3.05, 3.63) is 41.2 Å². The number of aromatic nitrogens is 2. The number of nitrogens with two attached hydrogens (primary N) is 1. The Morgan fingerprint density at radius 3 is 2.83 bits per heavy atom. The molecule has 0 spiro atoms. The van der Waals surface area contributed by atoms with Crippen molar-refractivity contribution in [1.82, 2.24) is 9.78 Å². The van der Waals surface area contributed by atoms with Gasteiger partial charge < -0.3 is 10.5 Å². The lowest BCUT2D eigenvalue weighted by Gasteiger charge is -2.09. The molecule has 2 N–H and O–H groups in total. The van der Waals surface area contributed by atoms with Crippen LogP contribution in [0.3, 0.4) is 0 Å². The number of nitrogens with zero attached hydrogens (tertiary/aromatic N) is 2. The van der Waals surface area contributed by atoms with E-state index >= 15 is 0 Å². The summed E-state index contributed by atoms with van der Waals surface area (Å²) < 4.78 is 7.32. The summed E-state index contributed by atoms with van der Waals surface area (Å²) in [7, 11) is 1.83. The summed E-state index contributed by atoms with van der Waals surface area (Å²) in [6, 6.07) is 5.83. The maximum Gasteiger partial charge on any atom is 0.165 e. The van der Waals surface area contributed by atoms with Crippen LogP contribution in [0.15, 0.2) is 30.6 Å². The largest absolute Gasteiger partial charge is 0.452 e. The fourth-order valence-electron chi connectivity index (χ4n) is 1.70. The molecule has 0 fully saturated rings. The highest BCUT2D eigenvalue weighted by molar-refractivity contribution is 6.32. The Morgan fingerprint density at radius 1 is 1.50 bits per heavy atom. The molecule has 0 aliphatic rings. The molecule has 0 saturated heterocycles. The average Bonchev–Trinajstić information content (AvgIpc) is 2.67. The van der Waals surface area contributed by atoms with Gasteiger partial charge >= 0.3 is 0 Å². The van der Waals surface area contributed by atoms with E-state index in [9.17, 15) is 0 Å². The molecule has 1 unspecified atom stereocenters. The van der Waals surface area contributed by atoms with Crippen molar-refractivity contribution in [2.45, 2.75) is 19.4 Å². The SMILES string of the molecule is CC(N)Cc1ccc(Oc2cnn(C)c2)c(Cl)c1. The summed E-state index contributed by atoms with van der Waals surface area (Å²) in [5.74, 6) is 1.29. The summed E-state index contributed by atoms with van der Waals surface area (Å²) in [4.78, 5) is 0. The molecule has 1 atom stereocenters. The molecule has 1 heterocycles. The molecule has 1 aromatic heterocycles. The van der Waals surface area contributed by atoms with Crippen molar-refractivity contribution >= 4 is 11.6 Å². The predicted octanol–water partition coefficient (Wildman–Crippen LogP) is 2.76. The fraction of sp³-hybridized carbons (Fsp3) is 0.308. The van der Waals surface area contributed by atoms with Gasteiger partial charge in [-0.05, 0) is 31.0 Å². The van der Waals surface area contributed by atoms with Gasteiger partial charge in [0.05, 0.1) is 17.4 Å². The maximum absolute atomic E-state index is 6.18. The quantitative estimate of drug-likeness (QED) is 0.925. The number of benzene rings is 1. The lowest BCUT2D eigenvalue weighted by Crippen LogP contribution is -2.17. The van der Waals surface area contributed by atoms with Gasteiger partial charge in [0.2, 0.25) is 0 Å². The molecule has 0 aliphatic heterocycles. The van der Waals surface area contributed by atoms with Gasteiger partial charge in [0.15, 0.2) is 5.75 Å². The van der Waals surface area contributed by atoms with Crippen molar-refractivity contribution in [3.8, 4) is 11.5 Å². The molecule has 0 radical (unpaired) electrons. The van der Waals surface area contributed by atoms with Crippen LogP contribution in [0.4, 0.5) is 0 Å². The second-order valence-corrected chi connectivity index (χ2v) is 4.81. The Hall–Kier alpha value is -1.52. The Bertz CT molecular complexity index is 537. The summed E-state index contributed by atoms with van der Waals surface area (Å²) in [5, 5.41) is 4.61. The molecule has 0 bridgehead atoms. The Balaban J connectivity index is 2.14. The highest BCUT2D eigenvalue weighted by Gasteiger charge is 2.07. The van der Waals surface area contributed by atoms with E-state index in [0.29, 0.717) is 16.5 Å². The molecule has 5 heteroatoms. The molecule has 0 saturated carbocycles. The molecule has 96 valence electrons. The monoisotopic (exact) mass is 265 g/mol. The predicted molar refractivity (Wildman–Crippen MR) is 72.1 cm³/mol. The first-order valence-corrected chi connectivity index (χ1v) is 6.13. The second kappa shape index (κ2) is 5.42.